The van der Waals surface area contributed by atoms with Crippen molar-refractivity contribution in [3.8, 4) is 0 Å². The van der Waals surface area contributed by atoms with Crippen LogP contribution in [0.25, 0.3) is 0 Å². The zero-order valence-corrected chi connectivity index (χ0v) is 11.8. The number of nitrogens with one attached hydrogen (secondary N) is 2. The number of rotatable bonds is 4. The van der Waals surface area contributed by atoms with Crippen molar-refractivity contribution in [3.63, 3.8) is 0 Å². The third-order valence-corrected chi connectivity index (χ3v) is 3.37. The molecule has 100 valence electrons. The van der Waals surface area contributed by atoms with Crippen LogP contribution in [0.3, 0.4) is 0 Å². The maximum Gasteiger partial charge on any atom is 0.191 e. The molecule has 0 aromatic rings. The lowest BCUT2D eigenvalue weighted by atomic mass is 10.0. The smallest absolute Gasteiger partial charge is 0.191 e. The van der Waals surface area contributed by atoms with Crippen molar-refractivity contribution in [3.05, 3.63) is 0 Å². The fourth-order valence-electron chi connectivity index (χ4n) is 2.19. The van der Waals surface area contributed by atoms with Gasteiger partial charge in [0, 0.05) is 38.8 Å². The summed E-state index contributed by atoms with van der Waals surface area (Å²) < 4.78 is 0. The molecule has 1 aliphatic rings. The molecular formula is C13H28N4. The molecule has 0 aromatic carbocycles. The third kappa shape index (κ3) is 4.94. The monoisotopic (exact) mass is 240 g/mol. The summed E-state index contributed by atoms with van der Waals surface area (Å²) >= 11 is 0. The number of hydrogen-bond acceptors (Lipinski definition) is 2. The quantitative estimate of drug-likeness (QED) is 0.577. The van der Waals surface area contributed by atoms with Crippen LogP contribution < -0.4 is 10.6 Å². The van der Waals surface area contributed by atoms with Gasteiger partial charge in [-0.3, -0.25) is 4.99 Å². The van der Waals surface area contributed by atoms with Gasteiger partial charge in [0.25, 0.3) is 0 Å². The molecule has 0 aliphatic carbocycles. The summed E-state index contributed by atoms with van der Waals surface area (Å²) in [6.45, 7) is 10.1. The van der Waals surface area contributed by atoms with Gasteiger partial charge in [-0.15, -0.1) is 0 Å². The Labute approximate surface area is 106 Å². The summed E-state index contributed by atoms with van der Waals surface area (Å²) in [7, 11) is 1.84. The summed E-state index contributed by atoms with van der Waals surface area (Å²) in [4.78, 5) is 6.80. The summed E-state index contributed by atoms with van der Waals surface area (Å²) in [5.41, 5.74) is 0. The Hall–Kier alpha value is -0.770. The molecule has 1 saturated heterocycles. The van der Waals surface area contributed by atoms with E-state index in [9.17, 15) is 0 Å². The van der Waals surface area contributed by atoms with Crippen molar-refractivity contribution in [2.75, 3.05) is 26.7 Å². The highest BCUT2D eigenvalue weighted by Crippen LogP contribution is 2.12. The minimum absolute atomic E-state index is 0.577. The molecular weight excluding hydrogens is 212 g/mol. The predicted octanol–water partition coefficient (Wildman–Crippen LogP) is 1.43. The van der Waals surface area contributed by atoms with Crippen LogP contribution in [0.1, 0.15) is 40.0 Å². The highest BCUT2D eigenvalue weighted by atomic mass is 15.2. The minimum Gasteiger partial charge on any atom is -0.356 e. The maximum atomic E-state index is 4.25. The van der Waals surface area contributed by atoms with E-state index in [-0.39, 0.29) is 0 Å². The molecule has 0 aromatic heterocycles. The zero-order chi connectivity index (χ0) is 12.7. The molecule has 1 heterocycles. The van der Waals surface area contributed by atoms with Crippen molar-refractivity contribution in [1.29, 1.82) is 0 Å². The maximum absolute atomic E-state index is 4.25. The third-order valence-electron chi connectivity index (χ3n) is 3.37. The molecule has 17 heavy (non-hydrogen) atoms. The standard InChI is InChI=1S/C13H28N4/c1-5-8-15-13(14-4)16-12-6-9-17(10-7-12)11(2)3/h11-12H,5-10H2,1-4H3,(H2,14,15,16). The second kappa shape index (κ2) is 7.54. The SMILES string of the molecule is CCCNC(=NC)NC1CCN(C(C)C)CC1. The van der Waals surface area contributed by atoms with Crippen LogP contribution >= 0.6 is 0 Å². The summed E-state index contributed by atoms with van der Waals surface area (Å²) in [5, 5.41) is 6.84. The van der Waals surface area contributed by atoms with Gasteiger partial charge in [-0.25, -0.2) is 0 Å². The van der Waals surface area contributed by atoms with E-state index in [1.807, 2.05) is 7.05 Å². The number of aliphatic imine (C=N–C) groups is 1. The second-order valence-electron chi connectivity index (χ2n) is 5.05. The van der Waals surface area contributed by atoms with E-state index in [2.05, 4.69) is 41.3 Å². The van der Waals surface area contributed by atoms with Crippen molar-refractivity contribution < 1.29 is 0 Å². The molecule has 1 aliphatic heterocycles. The van der Waals surface area contributed by atoms with Crippen molar-refractivity contribution in [1.82, 2.24) is 15.5 Å². The largest absolute Gasteiger partial charge is 0.356 e. The van der Waals surface area contributed by atoms with Gasteiger partial charge >= 0.3 is 0 Å². The van der Waals surface area contributed by atoms with Gasteiger partial charge in [0.1, 0.15) is 0 Å². The van der Waals surface area contributed by atoms with Crippen molar-refractivity contribution in [2.24, 2.45) is 4.99 Å². The van der Waals surface area contributed by atoms with E-state index in [0.29, 0.717) is 12.1 Å². The number of piperidine rings is 1. The van der Waals surface area contributed by atoms with E-state index in [1.54, 1.807) is 0 Å². The minimum atomic E-state index is 0.577. The van der Waals surface area contributed by atoms with Crippen LogP contribution in [0.4, 0.5) is 0 Å². The summed E-state index contributed by atoms with van der Waals surface area (Å²) in [6, 6.07) is 1.25. The average Bonchev–Trinajstić information content (AvgIpc) is 2.35. The van der Waals surface area contributed by atoms with Crippen LogP contribution in [-0.4, -0.2) is 49.6 Å². The lowest BCUT2D eigenvalue weighted by molar-refractivity contribution is 0.167. The van der Waals surface area contributed by atoms with Gasteiger partial charge < -0.3 is 15.5 Å². The Morgan fingerprint density at radius 1 is 1.35 bits per heavy atom. The lowest BCUT2D eigenvalue weighted by Crippen LogP contribution is -2.49. The molecule has 4 heteroatoms. The average molecular weight is 240 g/mol. The molecule has 0 amide bonds. The Morgan fingerprint density at radius 2 is 2.00 bits per heavy atom. The molecule has 2 N–H and O–H groups in total. The first-order valence-corrected chi connectivity index (χ1v) is 6.88. The highest BCUT2D eigenvalue weighted by Gasteiger charge is 2.21. The Kier molecular flexibility index (Phi) is 6.34. The van der Waals surface area contributed by atoms with Crippen LogP contribution in [-0.2, 0) is 0 Å². The Morgan fingerprint density at radius 3 is 2.47 bits per heavy atom. The summed E-state index contributed by atoms with van der Waals surface area (Å²) in [5.74, 6) is 0.954. The number of guanidine groups is 1. The van der Waals surface area contributed by atoms with E-state index in [4.69, 9.17) is 0 Å². The van der Waals surface area contributed by atoms with Crippen molar-refractivity contribution in [2.45, 2.75) is 52.1 Å². The Bertz CT molecular complexity index is 230. The topological polar surface area (TPSA) is 39.7 Å². The Balaban J connectivity index is 2.29. The van der Waals surface area contributed by atoms with Crippen LogP contribution in [0, 0.1) is 0 Å². The number of nitrogens with zero attached hydrogens (tertiary/aromatic N) is 2. The fourth-order valence-corrected chi connectivity index (χ4v) is 2.19. The molecule has 0 radical (unpaired) electrons. The van der Waals surface area contributed by atoms with Gasteiger partial charge in [0.05, 0.1) is 0 Å². The molecule has 0 unspecified atom stereocenters. The molecule has 4 nitrogen and oxygen atoms in total. The summed E-state index contributed by atoms with van der Waals surface area (Å²) in [6.07, 6.45) is 3.56. The molecule has 1 rings (SSSR count). The van der Waals surface area contributed by atoms with E-state index >= 15 is 0 Å². The second-order valence-corrected chi connectivity index (χ2v) is 5.05. The van der Waals surface area contributed by atoms with E-state index in [0.717, 1.165) is 18.9 Å². The first kappa shape index (κ1) is 14.3. The molecule has 0 spiro atoms. The van der Waals surface area contributed by atoms with Gasteiger partial charge in [0.15, 0.2) is 5.96 Å². The highest BCUT2D eigenvalue weighted by molar-refractivity contribution is 5.79. The number of likely N-dealkylation sites (tertiary alicyclic amines) is 1. The van der Waals surface area contributed by atoms with E-state index in [1.165, 1.54) is 25.9 Å². The van der Waals surface area contributed by atoms with Crippen molar-refractivity contribution >= 4 is 5.96 Å². The first-order valence-electron chi connectivity index (χ1n) is 6.88. The first-order chi connectivity index (χ1) is 8.17. The van der Waals surface area contributed by atoms with Gasteiger partial charge in [-0.05, 0) is 33.1 Å². The molecule has 0 atom stereocenters. The van der Waals surface area contributed by atoms with Crippen LogP contribution in [0.2, 0.25) is 0 Å². The molecule has 1 fully saturated rings. The van der Waals surface area contributed by atoms with Gasteiger partial charge in [-0.2, -0.15) is 0 Å². The van der Waals surface area contributed by atoms with E-state index < -0.39 is 0 Å². The van der Waals surface area contributed by atoms with Gasteiger partial charge in [-0.1, -0.05) is 6.92 Å². The van der Waals surface area contributed by atoms with Crippen LogP contribution in [0.5, 0.6) is 0 Å². The molecule has 0 bridgehead atoms. The molecule has 0 saturated carbocycles. The lowest BCUT2D eigenvalue weighted by Gasteiger charge is -2.35. The van der Waals surface area contributed by atoms with Crippen LogP contribution in [0.15, 0.2) is 4.99 Å². The predicted molar refractivity (Wildman–Crippen MR) is 74.5 cm³/mol. The van der Waals surface area contributed by atoms with Gasteiger partial charge in [0.2, 0.25) is 0 Å². The normalized spacial score (nSPS) is 19.7. The zero-order valence-electron chi connectivity index (χ0n) is 11.8. The number of hydrogen-bond donors (Lipinski definition) is 2. The fraction of sp³-hybridized carbons (Fsp3) is 0.923.